The van der Waals surface area contributed by atoms with Crippen LogP contribution in [0.25, 0.3) is 0 Å². The highest BCUT2D eigenvalue weighted by atomic mass is 32.2. The first kappa shape index (κ1) is 22.3. The summed E-state index contributed by atoms with van der Waals surface area (Å²) in [5, 5.41) is 2.94. The average Bonchev–Trinajstić information content (AvgIpc) is 2.77. The quantitative estimate of drug-likeness (QED) is 0.696. The number of nitrogens with zero attached hydrogens (tertiary/aromatic N) is 1. The van der Waals surface area contributed by atoms with Crippen molar-refractivity contribution in [2.24, 2.45) is 0 Å². The summed E-state index contributed by atoms with van der Waals surface area (Å²) in [4.78, 5) is 12.6. The Hall–Kier alpha value is -2.38. The predicted molar refractivity (Wildman–Crippen MR) is 117 cm³/mol. The van der Waals surface area contributed by atoms with Gasteiger partial charge in [0.15, 0.2) is 0 Å². The molecule has 1 heterocycles. The molecule has 0 unspecified atom stereocenters. The van der Waals surface area contributed by atoms with Crippen LogP contribution in [0.3, 0.4) is 0 Å². The number of methoxy groups -OCH3 is 1. The third kappa shape index (κ3) is 5.40. The van der Waals surface area contributed by atoms with Crippen molar-refractivity contribution < 1.29 is 17.9 Å². The van der Waals surface area contributed by atoms with E-state index in [4.69, 9.17) is 4.74 Å². The van der Waals surface area contributed by atoms with Crippen LogP contribution in [0, 0.1) is 6.92 Å². The van der Waals surface area contributed by atoms with Gasteiger partial charge in [0.25, 0.3) is 0 Å². The number of carbonyl (C=O) groups is 1. The number of ether oxygens (including phenoxy) is 1. The number of amides is 1. The Labute approximate surface area is 179 Å². The Balaban J connectivity index is 1.66. The molecule has 1 aliphatic heterocycles. The minimum atomic E-state index is -3.52. The lowest BCUT2D eigenvalue weighted by Crippen LogP contribution is -2.35. The van der Waals surface area contributed by atoms with Crippen molar-refractivity contribution in [1.82, 2.24) is 9.62 Å². The molecule has 0 spiro atoms. The first-order chi connectivity index (χ1) is 14.4. The molecule has 2 aromatic rings. The second kappa shape index (κ2) is 10.1. The number of piperidine rings is 1. The number of aryl methyl sites for hydroxylation is 2. The molecule has 3 rings (SSSR count). The Morgan fingerprint density at radius 2 is 1.80 bits per heavy atom. The molecule has 30 heavy (non-hydrogen) atoms. The third-order valence-electron chi connectivity index (χ3n) is 5.56. The smallest absolute Gasteiger partial charge is 0.243 e. The molecule has 7 heteroatoms. The second-order valence-electron chi connectivity index (χ2n) is 7.64. The van der Waals surface area contributed by atoms with Gasteiger partial charge in [-0.05, 0) is 61.1 Å². The summed E-state index contributed by atoms with van der Waals surface area (Å²) in [6.45, 7) is 3.61. The third-order valence-corrected chi connectivity index (χ3v) is 7.46. The SMILES string of the molecule is COc1ccc(S(=O)(=O)N2CCCCC2)cc1CCC(=O)NCc1ccccc1C. The van der Waals surface area contributed by atoms with E-state index in [9.17, 15) is 13.2 Å². The Kier molecular flexibility index (Phi) is 7.50. The molecule has 6 nitrogen and oxygen atoms in total. The van der Waals surface area contributed by atoms with Crippen molar-refractivity contribution in [2.75, 3.05) is 20.2 Å². The molecule has 0 aromatic heterocycles. The number of benzene rings is 2. The molecule has 1 aliphatic rings. The average molecular weight is 431 g/mol. The summed E-state index contributed by atoms with van der Waals surface area (Å²) in [5.74, 6) is 0.517. The van der Waals surface area contributed by atoms with E-state index in [0.29, 0.717) is 31.8 Å². The zero-order chi connectivity index (χ0) is 21.6. The summed E-state index contributed by atoms with van der Waals surface area (Å²) >= 11 is 0. The highest BCUT2D eigenvalue weighted by Gasteiger charge is 2.26. The monoisotopic (exact) mass is 430 g/mol. The van der Waals surface area contributed by atoms with E-state index < -0.39 is 10.0 Å². The van der Waals surface area contributed by atoms with Crippen LogP contribution in [-0.2, 0) is 27.8 Å². The van der Waals surface area contributed by atoms with Gasteiger partial charge in [0.2, 0.25) is 15.9 Å². The fourth-order valence-corrected chi connectivity index (χ4v) is 5.27. The normalized spacial score (nSPS) is 15.0. The molecule has 162 valence electrons. The molecule has 0 aliphatic carbocycles. The van der Waals surface area contributed by atoms with Crippen LogP contribution in [0.15, 0.2) is 47.4 Å². The topological polar surface area (TPSA) is 75.7 Å². The van der Waals surface area contributed by atoms with Gasteiger partial charge in [-0.2, -0.15) is 4.31 Å². The summed E-state index contributed by atoms with van der Waals surface area (Å²) in [5.41, 5.74) is 2.94. The maximum atomic E-state index is 13.0. The summed E-state index contributed by atoms with van der Waals surface area (Å²) < 4.78 is 32.9. The number of nitrogens with one attached hydrogen (secondary N) is 1. The maximum absolute atomic E-state index is 13.0. The maximum Gasteiger partial charge on any atom is 0.243 e. The van der Waals surface area contributed by atoms with Gasteiger partial charge in [-0.1, -0.05) is 30.7 Å². The van der Waals surface area contributed by atoms with Crippen LogP contribution >= 0.6 is 0 Å². The van der Waals surface area contributed by atoms with Gasteiger partial charge in [-0.3, -0.25) is 4.79 Å². The molecule has 0 saturated carbocycles. The van der Waals surface area contributed by atoms with E-state index >= 15 is 0 Å². The lowest BCUT2D eigenvalue weighted by Gasteiger charge is -2.26. The van der Waals surface area contributed by atoms with E-state index in [1.165, 1.54) is 0 Å². The molecule has 2 aromatic carbocycles. The number of carbonyl (C=O) groups excluding carboxylic acids is 1. The van der Waals surface area contributed by atoms with Crippen molar-refractivity contribution in [3.8, 4) is 5.75 Å². The standard InChI is InChI=1S/C23H30N2O4S/c1-18-8-4-5-9-20(18)17-24-23(26)13-10-19-16-21(11-12-22(19)29-2)30(27,28)25-14-6-3-7-15-25/h4-5,8-9,11-12,16H,3,6-7,10,13-15,17H2,1-2H3,(H,24,26). The first-order valence-corrected chi connectivity index (χ1v) is 11.8. The van der Waals surface area contributed by atoms with Gasteiger partial charge in [0.1, 0.15) is 5.75 Å². The highest BCUT2D eigenvalue weighted by Crippen LogP contribution is 2.27. The van der Waals surface area contributed by atoms with Crippen molar-refractivity contribution in [1.29, 1.82) is 0 Å². The summed E-state index contributed by atoms with van der Waals surface area (Å²) in [6.07, 6.45) is 3.52. The van der Waals surface area contributed by atoms with Crippen molar-refractivity contribution in [3.05, 3.63) is 59.2 Å². The number of hydrogen-bond acceptors (Lipinski definition) is 4. The van der Waals surface area contributed by atoms with E-state index in [-0.39, 0.29) is 17.2 Å². The Morgan fingerprint density at radius 1 is 1.07 bits per heavy atom. The van der Waals surface area contributed by atoms with E-state index in [0.717, 1.165) is 36.0 Å². The van der Waals surface area contributed by atoms with Gasteiger partial charge in [0, 0.05) is 26.1 Å². The molecule has 0 radical (unpaired) electrons. The lowest BCUT2D eigenvalue weighted by atomic mass is 10.1. The van der Waals surface area contributed by atoms with Crippen molar-refractivity contribution >= 4 is 15.9 Å². The van der Waals surface area contributed by atoms with Gasteiger partial charge in [0.05, 0.1) is 12.0 Å². The minimum Gasteiger partial charge on any atom is -0.496 e. The molecule has 0 bridgehead atoms. The molecule has 1 fully saturated rings. The van der Waals surface area contributed by atoms with Crippen molar-refractivity contribution in [2.45, 2.75) is 50.5 Å². The van der Waals surface area contributed by atoms with Crippen LogP contribution in [0.2, 0.25) is 0 Å². The largest absolute Gasteiger partial charge is 0.496 e. The second-order valence-corrected chi connectivity index (χ2v) is 9.58. The molecular weight excluding hydrogens is 400 g/mol. The molecular formula is C23H30N2O4S. The lowest BCUT2D eigenvalue weighted by molar-refractivity contribution is -0.121. The zero-order valence-electron chi connectivity index (χ0n) is 17.7. The van der Waals surface area contributed by atoms with Crippen LogP contribution in [0.5, 0.6) is 5.75 Å². The van der Waals surface area contributed by atoms with Crippen LogP contribution in [-0.4, -0.2) is 38.8 Å². The van der Waals surface area contributed by atoms with Crippen LogP contribution in [0.1, 0.15) is 42.4 Å². The first-order valence-electron chi connectivity index (χ1n) is 10.4. The van der Waals surface area contributed by atoms with E-state index in [1.807, 2.05) is 31.2 Å². The zero-order valence-corrected chi connectivity index (χ0v) is 18.5. The summed E-state index contributed by atoms with van der Waals surface area (Å²) in [7, 11) is -1.97. The van der Waals surface area contributed by atoms with Crippen LogP contribution in [0.4, 0.5) is 0 Å². The molecule has 1 amide bonds. The van der Waals surface area contributed by atoms with Crippen LogP contribution < -0.4 is 10.1 Å². The van der Waals surface area contributed by atoms with Crippen molar-refractivity contribution in [3.63, 3.8) is 0 Å². The Bertz CT molecular complexity index is 982. The van der Waals surface area contributed by atoms with Gasteiger partial charge >= 0.3 is 0 Å². The fourth-order valence-electron chi connectivity index (χ4n) is 3.70. The fraction of sp³-hybridized carbons (Fsp3) is 0.435. The van der Waals surface area contributed by atoms with E-state index in [1.54, 1.807) is 29.6 Å². The molecule has 1 saturated heterocycles. The number of hydrogen-bond donors (Lipinski definition) is 1. The van der Waals surface area contributed by atoms with Gasteiger partial charge < -0.3 is 10.1 Å². The highest BCUT2D eigenvalue weighted by molar-refractivity contribution is 7.89. The summed E-state index contributed by atoms with van der Waals surface area (Å²) in [6, 6.07) is 12.8. The minimum absolute atomic E-state index is 0.0791. The van der Waals surface area contributed by atoms with Gasteiger partial charge in [-0.15, -0.1) is 0 Å². The van der Waals surface area contributed by atoms with E-state index in [2.05, 4.69) is 5.32 Å². The Morgan fingerprint density at radius 3 is 2.50 bits per heavy atom. The molecule has 1 N–H and O–H groups in total. The molecule has 0 atom stereocenters. The van der Waals surface area contributed by atoms with Gasteiger partial charge in [-0.25, -0.2) is 8.42 Å². The number of rotatable bonds is 8. The predicted octanol–water partition coefficient (Wildman–Crippen LogP) is 3.43. The number of sulfonamides is 1.